The number of nitrogens with one attached hydrogen (secondary N) is 1. The van der Waals surface area contributed by atoms with Crippen LogP contribution in [0.15, 0.2) is 0 Å². The summed E-state index contributed by atoms with van der Waals surface area (Å²) in [6.45, 7) is 0.758. The molecule has 1 rings (SSSR count). The van der Waals surface area contributed by atoms with Gasteiger partial charge in [0.2, 0.25) is 0 Å². The summed E-state index contributed by atoms with van der Waals surface area (Å²) in [5.41, 5.74) is 0. The van der Waals surface area contributed by atoms with Crippen LogP contribution in [0.1, 0.15) is 72.5 Å². The lowest BCUT2D eigenvalue weighted by Gasteiger charge is -2.40. The Morgan fingerprint density at radius 3 is 2.04 bits per heavy atom. The van der Waals surface area contributed by atoms with E-state index in [-0.39, 0.29) is 0 Å². The molecule has 0 aromatic heterocycles. The van der Waals surface area contributed by atoms with Gasteiger partial charge in [-0.25, -0.2) is 0 Å². The number of aliphatic hydroxyl groups is 4. The van der Waals surface area contributed by atoms with Crippen LogP contribution in [0.2, 0.25) is 0 Å². The zero-order valence-electron chi connectivity index (χ0n) is 15.8. The van der Waals surface area contributed by atoms with Gasteiger partial charge in [-0.1, -0.05) is 64.7 Å². The van der Waals surface area contributed by atoms with Gasteiger partial charge >= 0.3 is 0 Å². The predicted molar refractivity (Wildman–Crippen MR) is 93.6 cm³/mol. The van der Waals surface area contributed by atoms with Crippen LogP contribution in [0.5, 0.6) is 0 Å². The molecule has 5 atom stereocenters. The number of rotatable bonds is 13. The van der Waals surface area contributed by atoms with E-state index >= 15 is 0 Å². The summed E-state index contributed by atoms with van der Waals surface area (Å²) in [7, 11) is 0. The third kappa shape index (κ3) is 7.76. The first-order valence-corrected chi connectivity index (χ1v) is 9.45. The van der Waals surface area contributed by atoms with Crippen molar-refractivity contribution in [3.05, 3.63) is 0 Å². The average molecular weight is 349 g/mol. The van der Waals surface area contributed by atoms with Gasteiger partial charge in [0.25, 0.3) is 0 Å². The molecule has 1 unspecified atom stereocenters. The fourth-order valence-electron chi connectivity index (χ4n) is 3.13. The van der Waals surface area contributed by atoms with E-state index in [1.165, 1.54) is 44.9 Å². The number of unbranched alkanes of at least 4 members (excludes halogenated alkanes) is 9. The van der Waals surface area contributed by atoms with Gasteiger partial charge in [0.05, 0.1) is 12.6 Å². The molecule has 0 aromatic rings. The molecule has 0 amide bonds. The van der Waals surface area contributed by atoms with Crippen LogP contribution in [0.4, 0.5) is 0 Å². The Bertz CT molecular complexity index is 324. The molecule has 0 radical (unpaired) electrons. The summed E-state index contributed by atoms with van der Waals surface area (Å²) in [4.78, 5) is 0. The van der Waals surface area contributed by atoms with E-state index in [1.54, 1.807) is 0 Å². The molecule has 0 bridgehead atoms. The molecule has 1 aliphatic rings. The van der Waals surface area contributed by atoms with Crippen LogP contribution >= 0.6 is 0 Å². The number of ether oxygens (including phenoxy) is 1. The molecule has 6 heteroatoms. The molecule has 1 fully saturated rings. The molecule has 0 spiro atoms. The highest BCUT2D eigenvalue weighted by atomic mass is 16.6. The van der Waals surface area contributed by atoms with E-state index < -0.39 is 37.3 Å². The molecule has 6 nitrogen and oxygen atoms in total. The van der Waals surface area contributed by atoms with Gasteiger partial charge in [0, 0.05) is 1.37 Å². The normalized spacial score (nSPS) is 31.2. The van der Waals surface area contributed by atoms with Gasteiger partial charge < -0.3 is 30.5 Å². The molecule has 0 saturated carbocycles. The zero-order chi connectivity index (χ0) is 18.5. The summed E-state index contributed by atoms with van der Waals surface area (Å²) in [5.74, 6) is 0. The summed E-state index contributed by atoms with van der Waals surface area (Å²) < 4.78 is 12.2. The first-order valence-electron chi connectivity index (χ1n) is 10.2. The molecule has 1 aliphatic heterocycles. The van der Waals surface area contributed by atoms with Crippen LogP contribution in [-0.4, -0.2) is 64.2 Å². The second-order valence-electron chi connectivity index (χ2n) is 6.74. The number of hydrogen-bond donors (Lipinski definition) is 5. The largest absolute Gasteiger partial charge is 0.394 e. The molecule has 144 valence electrons. The predicted octanol–water partition coefficient (Wildman–Crippen LogP) is 1.30. The Morgan fingerprint density at radius 1 is 0.875 bits per heavy atom. The van der Waals surface area contributed by atoms with Gasteiger partial charge in [-0.15, -0.1) is 0 Å². The molecule has 5 N–H and O–H groups in total. The van der Waals surface area contributed by atoms with Crippen molar-refractivity contribution in [3.63, 3.8) is 0 Å². The van der Waals surface area contributed by atoms with Crippen molar-refractivity contribution in [2.75, 3.05) is 13.2 Å². The Labute approximate surface area is 147 Å². The Morgan fingerprint density at radius 2 is 1.46 bits per heavy atom. The molecular formula is C18H37NO5. The molecule has 1 heterocycles. The number of aliphatic hydroxyl groups excluding tert-OH is 4. The van der Waals surface area contributed by atoms with E-state index in [4.69, 9.17) is 11.2 Å². The summed E-state index contributed by atoms with van der Waals surface area (Å²) in [6.07, 6.45) is 7.18. The fraction of sp³-hybridized carbons (Fsp3) is 1.00. The maximum atomic E-state index is 10.0. The Balaban J connectivity index is 1.99. The van der Waals surface area contributed by atoms with Crippen molar-refractivity contribution in [1.29, 1.82) is 0 Å². The third-order valence-electron chi connectivity index (χ3n) is 4.71. The van der Waals surface area contributed by atoms with Gasteiger partial charge in [-0.2, -0.15) is 0 Å². The molecule has 1 saturated heterocycles. The smallest absolute Gasteiger partial charge is 0.173 e. The van der Waals surface area contributed by atoms with Gasteiger partial charge in [-0.05, 0) is 13.0 Å². The maximum Gasteiger partial charge on any atom is 0.173 e. The molecular weight excluding hydrogens is 310 g/mol. The van der Waals surface area contributed by atoms with Crippen LogP contribution in [-0.2, 0) is 4.74 Å². The quantitative estimate of drug-likeness (QED) is 0.322. The first-order chi connectivity index (χ1) is 12.1. The second kappa shape index (κ2) is 13.0. The molecule has 0 aliphatic carbocycles. The standard InChI is InChI=1S/C18H37NO5/c1-2-3-4-5-6-7-8-9-10-11-12-19-15-17(22)16(21)14(13-20)24-18(15)23/h14-23H,2-13H2,1H3/t14-,15-,16-,17-,18?/m1/s1/i1D. The topological polar surface area (TPSA) is 102 Å². The minimum absolute atomic E-state index is 0.438. The van der Waals surface area contributed by atoms with E-state index in [2.05, 4.69) is 5.32 Å². The van der Waals surface area contributed by atoms with Crippen molar-refractivity contribution >= 4 is 0 Å². The van der Waals surface area contributed by atoms with Gasteiger partial charge in [-0.3, -0.25) is 0 Å². The lowest BCUT2D eigenvalue weighted by Crippen LogP contribution is -2.63. The Kier molecular flexibility index (Phi) is 10.9. The minimum atomic E-state index is -1.23. The lowest BCUT2D eigenvalue weighted by molar-refractivity contribution is -0.254. The van der Waals surface area contributed by atoms with Crippen molar-refractivity contribution in [3.8, 4) is 0 Å². The Hall–Kier alpha value is -0.240. The maximum absolute atomic E-state index is 10.0. The highest BCUT2D eigenvalue weighted by molar-refractivity contribution is 4.92. The highest BCUT2D eigenvalue weighted by Crippen LogP contribution is 2.19. The summed E-state index contributed by atoms with van der Waals surface area (Å²) in [5, 5.41) is 41.8. The van der Waals surface area contributed by atoms with Crippen molar-refractivity contribution < 1.29 is 26.5 Å². The fourth-order valence-corrected chi connectivity index (χ4v) is 3.13. The lowest BCUT2D eigenvalue weighted by atomic mass is 9.97. The van der Waals surface area contributed by atoms with Gasteiger partial charge in [0.15, 0.2) is 6.29 Å². The monoisotopic (exact) mass is 348 g/mol. The summed E-state index contributed by atoms with van der Waals surface area (Å²) in [6, 6.07) is -0.735. The van der Waals surface area contributed by atoms with E-state index in [0.29, 0.717) is 13.4 Å². The van der Waals surface area contributed by atoms with Crippen LogP contribution in [0, 0.1) is 0 Å². The first kappa shape index (κ1) is 20.1. The van der Waals surface area contributed by atoms with E-state index in [1.807, 2.05) is 0 Å². The zero-order valence-corrected chi connectivity index (χ0v) is 14.8. The minimum Gasteiger partial charge on any atom is -0.394 e. The van der Waals surface area contributed by atoms with Crippen LogP contribution in [0.3, 0.4) is 0 Å². The molecule has 24 heavy (non-hydrogen) atoms. The summed E-state index contributed by atoms with van der Waals surface area (Å²) >= 11 is 0. The SMILES string of the molecule is [2H]CCCCCCCCCCCCN[C@H]1C(O)O[C@H](CO)[C@@H](O)[C@@H]1O. The van der Waals surface area contributed by atoms with Crippen LogP contribution < -0.4 is 5.32 Å². The third-order valence-corrected chi connectivity index (χ3v) is 4.71. The van der Waals surface area contributed by atoms with Crippen LogP contribution in [0.25, 0.3) is 0 Å². The van der Waals surface area contributed by atoms with Crippen molar-refractivity contribution in [2.45, 2.75) is 102 Å². The average Bonchev–Trinajstić information content (AvgIpc) is 2.61. The number of hydrogen-bond acceptors (Lipinski definition) is 6. The van der Waals surface area contributed by atoms with E-state index in [9.17, 15) is 15.3 Å². The van der Waals surface area contributed by atoms with Crippen molar-refractivity contribution in [2.24, 2.45) is 0 Å². The molecule has 0 aromatic carbocycles. The van der Waals surface area contributed by atoms with Crippen molar-refractivity contribution in [1.82, 2.24) is 5.32 Å². The second-order valence-corrected chi connectivity index (χ2v) is 6.74. The highest BCUT2D eigenvalue weighted by Gasteiger charge is 2.43. The van der Waals surface area contributed by atoms with Gasteiger partial charge in [0.1, 0.15) is 18.3 Å². The van der Waals surface area contributed by atoms with E-state index in [0.717, 1.165) is 19.3 Å².